The predicted molar refractivity (Wildman–Crippen MR) is 107 cm³/mol. The highest BCUT2D eigenvalue weighted by atomic mass is 16.2. The highest BCUT2D eigenvalue weighted by Gasteiger charge is 2.21. The molecule has 0 aliphatic carbocycles. The van der Waals surface area contributed by atoms with Gasteiger partial charge in [0.15, 0.2) is 0 Å². The third-order valence-electron chi connectivity index (χ3n) is 5.47. The number of hydrogen-bond acceptors (Lipinski definition) is 3. The zero-order valence-electron chi connectivity index (χ0n) is 15.8. The molecule has 1 aliphatic heterocycles. The average Bonchev–Trinajstić information content (AvgIpc) is 3.12. The molecule has 5 heteroatoms. The van der Waals surface area contributed by atoms with Crippen molar-refractivity contribution in [1.82, 2.24) is 19.6 Å². The number of nitrogens with zero attached hydrogens (tertiary/aromatic N) is 4. The highest BCUT2D eigenvalue weighted by Crippen LogP contribution is 2.15. The Morgan fingerprint density at radius 2 is 1.74 bits per heavy atom. The van der Waals surface area contributed by atoms with Gasteiger partial charge in [0.1, 0.15) is 0 Å². The highest BCUT2D eigenvalue weighted by molar-refractivity contribution is 5.79. The monoisotopic (exact) mass is 362 g/mol. The fourth-order valence-electron chi connectivity index (χ4n) is 3.75. The lowest BCUT2D eigenvalue weighted by molar-refractivity contribution is -0.133. The molecule has 140 valence electrons. The largest absolute Gasteiger partial charge is 0.340 e. The van der Waals surface area contributed by atoms with E-state index in [0.717, 1.165) is 43.6 Å². The van der Waals surface area contributed by atoms with Crippen LogP contribution in [0.15, 0.2) is 54.7 Å². The van der Waals surface area contributed by atoms with Gasteiger partial charge < -0.3 is 4.90 Å². The van der Waals surface area contributed by atoms with Crippen molar-refractivity contribution in [3.63, 3.8) is 0 Å². The lowest BCUT2D eigenvalue weighted by Crippen LogP contribution is -2.48. The molecule has 0 N–H and O–H groups in total. The van der Waals surface area contributed by atoms with E-state index in [1.807, 2.05) is 34.0 Å². The van der Waals surface area contributed by atoms with E-state index in [9.17, 15) is 4.79 Å². The van der Waals surface area contributed by atoms with Gasteiger partial charge in [0.2, 0.25) is 5.91 Å². The topological polar surface area (TPSA) is 41.4 Å². The molecule has 3 aromatic rings. The Morgan fingerprint density at radius 3 is 2.56 bits per heavy atom. The molecule has 0 radical (unpaired) electrons. The Kier molecular flexibility index (Phi) is 5.21. The quantitative estimate of drug-likeness (QED) is 0.700. The summed E-state index contributed by atoms with van der Waals surface area (Å²) in [5.74, 6) is 0.227. The maximum Gasteiger partial charge on any atom is 0.224 e. The maximum absolute atomic E-state index is 12.6. The number of piperazine rings is 1. The summed E-state index contributed by atoms with van der Waals surface area (Å²) < 4.78 is 1.93. The molecule has 0 unspecified atom stereocenters. The second kappa shape index (κ2) is 7.92. The van der Waals surface area contributed by atoms with Crippen molar-refractivity contribution in [2.45, 2.75) is 26.4 Å². The van der Waals surface area contributed by atoms with Crippen molar-refractivity contribution in [3.05, 3.63) is 65.9 Å². The number of carbonyl (C=O) groups is 1. The first kappa shape index (κ1) is 17.7. The Balaban J connectivity index is 1.28. The van der Waals surface area contributed by atoms with Crippen LogP contribution in [0.1, 0.15) is 17.5 Å². The van der Waals surface area contributed by atoms with E-state index in [1.54, 1.807) is 0 Å². The molecule has 0 saturated carbocycles. The Bertz CT molecular complexity index is 925. The van der Waals surface area contributed by atoms with E-state index in [0.29, 0.717) is 13.0 Å². The summed E-state index contributed by atoms with van der Waals surface area (Å²) in [6.45, 7) is 7.25. The predicted octanol–water partition coefficient (Wildman–Crippen LogP) is 3.08. The summed E-state index contributed by atoms with van der Waals surface area (Å²) in [5, 5.41) is 5.54. The van der Waals surface area contributed by atoms with Gasteiger partial charge in [-0.3, -0.25) is 14.4 Å². The summed E-state index contributed by atoms with van der Waals surface area (Å²) in [5.41, 5.74) is 3.80. The van der Waals surface area contributed by atoms with Crippen molar-refractivity contribution in [2.24, 2.45) is 0 Å². The van der Waals surface area contributed by atoms with Gasteiger partial charge >= 0.3 is 0 Å². The number of amides is 1. The summed E-state index contributed by atoms with van der Waals surface area (Å²) in [6, 6.07) is 16.7. The lowest BCUT2D eigenvalue weighted by Gasteiger charge is -2.35. The minimum absolute atomic E-state index is 0.227. The van der Waals surface area contributed by atoms with Crippen LogP contribution in [-0.4, -0.2) is 51.7 Å². The number of hydrogen-bond donors (Lipinski definition) is 0. The number of aryl methyl sites for hydroxylation is 2. The van der Waals surface area contributed by atoms with E-state index >= 15 is 0 Å². The third kappa shape index (κ3) is 4.03. The van der Waals surface area contributed by atoms with Gasteiger partial charge in [-0.2, -0.15) is 5.10 Å². The zero-order valence-corrected chi connectivity index (χ0v) is 15.8. The van der Waals surface area contributed by atoms with E-state index in [1.165, 1.54) is 11.1 Å². The number of benzene rings is 2. The first-order chi connectivity index (χ1) is 13.2. The summed E-state index contributed by atoms with van der Waals surface area (Å²) in [7, 11) is 0. The van der Waals surface area contributed by atoms with Crippen molar-refractivity contribution in [1.29, 1.82) is 0 Å². The lowest BCUT2D eigenvalue weighted by atomic mass is 10.1. The number of para-hydroxylation sites is 1. The molecule has 4 rings (SSSR count). The molecule has 1 aromatic heterocycles. The molecule has 2 aromatic carbocycles. The molecule has 1 aliphatic rings. The van der Waals surface area contributed by atoms with E-state index in [-0.39, 0.29) is 5.91 Å². The van der Waals surface area contributed by atoms with Crippen LogP contribution in [0, 0.1) is 6.92 Å². The van der Waals surface area contributed by atoms with Gasteiger partial charge in [-0.05, 0) is 24.1 Å². The number of carbonyl (C=O) groups excluding carboxylic acids is 1. The Labute approximate surface area is 160 Å². The van der Waals surface area contributed by atoms with Crippen LogP contribution in [0.3, 0.4) is 0 Å². The van der Waals surface area contributed by atoms with Crippen LogP contribution in [-0.2, 0) is 17.9 Å². The number of aromatic nitrogens is 2. The fourth-order valence-corrected chi connectivity index (χ4v) is 3.75. The van der Waals surface area contributed by atoms with Crippen LogP contribution in [0.5, 0.6) is 0 Å². The molecule has 5 nitrogen and oxygen atoms in total. The first-order valence-electron chi connectivity index (χ1n) is 9.66. The SMILES string of the molecule is Cc1ccccc1CN1CCN(C(=O)CCn2ncc3ccccc32)CC1. The van der Waals surface area contributed by atoms with E-state index in [4.69, 9.17) is 0 Å². The van der Waals surface area contributed by atoms with Crippen molar-refractivity contribution < 1.29 is 4.79 Å². The number of fused-ring (bicyclic) bond motifs is 1. The van der Waals surface area contributed by atoms with Crippen LogP contribution in [0.4, 0.5) is 0 Å². The second-order valence-electron chi connectivity index (χ2n) is 7.26. The number of rotatable bonds is 5. The van der Waals surface area contributed by atoms with E-state index < -0.39 is 0 Å². The molecular weight excluding hydrogens is 336 g/mol. The molecule has 2 heterocycles. The standard InChI is InChI=1S/C22H26N4O/c1-18-6-2-3-8-20(18)17-24-12-14-25(15-13-24)22(27)10-11-26-21-9-5-4-7-19(21)16-23-26/h2-9,16H,10-15,17H2,1H3. The van der Waals surface area contributed by atoms with Gasteiger partial charge in [-0.15, -0.1) is 0 Å². The van der Waals surface area contributed by atoms with Crippen LogP contribution < -0.4 is 0 Å². The average molecular weight is 362 g/mol. The zero-order chi connectivity index (χ0) is 18.6. The molecule has 0 spiro atoms. The minimum atomic E-state index is 0.227. The molecular formula is C22H26N4O. The van der Waals surface area contributed by atoms with Gasteiger partial charge in [-0.1, -0.05) is 42.5 Å². The molecule has 1 saturated heterocycles. The molecule has 0 atom stereocenters. The molecule has 1 fully saturated rings. The molecule has 1 amide bonds. The second-order valence-corrected chi connectivity index (χ2v) is 7.26. The smallest absolute Gasteiger partial charge is 0.224 e. The van der Waals surface area contributed by atoms with Crippen molar-refractivity contribution >= 4 is 16.8 Å². The van der Waals surface area contributed by atoms with Crippen LogP contribution >= 0.6 is 0 Å². The fraction of sp³-hybridized carbons (Fsp3) is 0.364. The minimum Gasteiger partial charge on any atom is -0.340 e. The normalized spacial score (nSPS) is 15.4. The van der Waals surface area contributed by atoms with Crippen molar-refractivity contribution in [3.8, 4) is 0 Å². The third-order valence-corrected chi connectivity index (χ3v) is 5.47. The van der Waals surface area contributed by atoms with Crippen LogP contribution in [0.25, 0.3) is 10.9 Å². The van der Waals surface area contributed by atoms with Crippen molar-refractivity contribution in [2.75, 3.05) is 26.2 Å². The van der Waals surface area contributed by atoms with Gasteiger partial charge in [0.05, 0.1) is 18.3 Å². The Hall–Kier alpha value is -2.66. The summed E-state index contributed by atoms with van der Waals surface area (Å²) in [6.07, 6.45) is 2.37. The van der Waals surface area contributed by atoms with Crippen LogP contribution in [0.2, 0.25) is 0 Å². The molecule has 0 bridgehead atoms. The van der Waals surface area contributed by atoms with Gasteiger partial charge in [0.25, 0.3) is 0 Å². The van der Waals surface area contributed by atoms with Gasteiger partial charge in [-0.25, -0.2) is 0 Å². The first-order valence-corrected chi connectivity index (χ1v) is 9.66. The maximum atomic E-state index is 12.6. The molecule has 27 heavy (non-hydrogen) atoms. The summed E-state index contributed by atoms with van der Waals surface area (Å²) >= 11 is 0. The van der Waals surface area contributed by atoms with E-state index in [2.05, 4.69) is 47.3 Å². The summed E-state index contributed by atoms with van der Waals surface area (Å²) in [4.78, 5) is 17.1. The van der Waals surface area contributed by atoms with Gasteiger partial charge in [0, 0.05) is 44.5 Å². The Morgan fingerprint density at radius 1 is 1.00 bits per heavy atom.